The van der Waals surface area contributed by atoms with Crippen LogP contribution < -0.4 is 5.73 Å². The van der Waals surface area contributed by atoms with Gasteiger partial charge in [-0.3, -0.25) is 4.79 Å². The van der Waals surface area contributed by atoms with E-state index in [1.165, 1.54) is 12.8 Å². The SMILES string of the molecule is CCCCC(CCC)N1CCCC(N)C1=O. The van der Waals surface area contributed by atoms with Gasteiger partial charge >= 0.3 is 0 Å². The van der Waals surface area contributed by atoms with Crippen LogP contribution in [0.3, 0.4) is 0 Å². The number of carbonyl (C=O) groups is 1. The van der Waals surface area contributed by atoms with Crippen molar-refractivity contribution >= 4 is 5.91 Å². The third-order valence-electron chi connectivity index (χ3n) is 3.47. The summed E-state index contributed by atoms with van der Waals surface area (Å²) in [6.07, 6.45) is 7.76. The largest absolute Gasteiger partial charge is 0.338 e. The summed E-state index contributed by atoms with van der Waals surface area (Å²) >= 11 is 0. The molecule has 1 fully saturated rings. The Hall–Kier alpha value is -0.570. The molecule has 0 saturated carbocycles. The lowest BCUT2D eigenvalue weighted by atomic mass is 9.98. The number of nitrogens with two attached hydrogens (primary N) is 1. The lowest BCUT2D eigenvalue weighted by Crippen LogP contribution is -2.52. The first-order valence-electron chi connectivity index (χ1n) is 6.76. The summed E-state index contributed by atoms with van der Waals surface area (Å²) in [6, 6.07) is 0.193. The van der Waals surface area contributed by atoms with Crippen molar-refractivity contribution in [1.29, 1.82) is 0 Å². The highest BCUT2D eigenvalue weighted by Crippen LogP contribution is 2.20. The maximum absolute atomic E-state index is 12.0. The molecule has 0 aromatic carbocycles. The van der Waals surface area contributed by atoms with E-state index in [1.807, 2.05) is 4.90 Å². The van der Waals surface area contributed by atoms with Gasteiger partial charge in [0.15, 0.2) is 0 Å². The van der Waals surface area contributed by atoms with Crippen LogP contribution in [0.25, 0.3) is 0 Å². The molecule has 0 aromatic heterocycles. The van der Waals surface area contributed by atoms with Gasteiger partial charge in [-0.15, -0.1) is 0 Å². The molecule has 3 heteroatoms. The molecular weight excluding hydrogens is 200 g/mol. The normalized spacial score (nSPS) is 23.6. The predicted molar refractivity (Wildman–Crippen MR) is 67.1 cm³/mol. The van der Waals surface area contributed by atoms with Crippen LogP contribution in [-0.4, -0.2) is 29.4 Å². The summed E-state index contributed by atoms with van der Waals surface area (Å²) in [4.78, 5) is 14.1. The van der Waals surface area contributed by atoms with Crippen LogP contribution in [-0.2, 0) is 4.79 Å². The highest BCUT2D eigenvalue weighted by atomic mass is 16.2. The van der Waals surface area contributed by atoms with Crippen molar-refractivity contribution in [3.63, 3.8) is 0 Å². The van der Waals surface area contributed by atoms with Crippen LogP contribution in [0.1, 0.15) is 58.8 Å². The molecular formula is C13H26N2O. The van der Waals surface area contributed by atoms with Crippen LogP contribution in [0.2, 0.25) is 0 Å². The standard InChI is InChI=1S/C13H26N2O/c1-3-5-8-11(7-4-2)15-10-6-9-12(14)13(15)16/h11-12H,3-10,14H2,1-2H3. The number of rotatable bonds is 6. The molecule has 1 amide bonds. The van der Waals surface area contributed by atoms with Crippen molar-refractivity contribution in [2.24, 2.45) is 5.73 Å². The molecule has 0 spiro atoms. The number of piperidine rings is 1. The molecule has 1 rings (SSSR count). The molecule has 0 bridgehead atoms. The zero-order valence-corrected chi connectivity index (χ0v) is 10.7. The lowest BCUT2D eigenvalue weighted by molar-refractivity contribution is -0.137. The summed E-state index contributed by atoms with van der Waals surface area (Å²) in [6.45, 7) is 5.31. The smallest absolute Gasteiger partial charge is 0.239 e. The maximum atomic E-state index is 12.0. The number of unbranched alkanes of at least 4 members (excludes halogenated alkanes) is 1. The molecule has 2 unspecified atom stereocenters. The number of carbonyl (C=O) groups excluding carboxylic acids is 1. The summed E-state index contributed by atoms with van der Waals surface area (Å²) in [5.74, 6) is 0.181. The average molecular weight is 226 g/mol. The van der Waals surface area contributed by atoms with Gasteiger partial charge in [-0.1, -0.05) is 33.1 Å². The highest BCUT2D eigenvalue weighted by Gasteiger charge is 2.30. The molecule has 1 saturated heterocycles. The van der Waals surface area contributed by atoms with Crippen molar-refractivity contribution in [3.05, 3.63) is 0 Å². The summed E-state index contributed by atoms with van der Waals surface area (Å²) in [5.41, 5.74) is 5.84. The molecule has 94 valence electrons. The zero-order valence-electron chi connectivity index (χ0n) is 10.7. The van der Waals surface area contributed by atoms with E-state index >= 15 is 0 Å². The van der Waals surface area contributed by atoms with Crippen LogP contribution in [0, 0.1) is 0 Å². The minimum Gasteiger partial charge on any atom is -0.338 e. The van der Waals surface area contributed by atoms with Gasteiger partial charge in [0.05, 0.1) is 6.04 Å². The summed E-state index contributed by atoms with van der Waals surface area (Å²) in [5, 5.41) is 0. The Balaban J connectivity index is 2.57. The van der Waals surface area contributed by atoms with E-state index in [0.717, 1.165) is 38.6 Å². The zero-order chi connectivity index (χ0) is 12.0. The summed E-state index contributed by atoms with van der Waals surface area (Å²) in [7, 11) is 0. The van der Waals surface area contributed by atoms with E-state index in [2.05, 4.69) is 13.8 Å². The third kappa shape index (κ3) is 3.48. The predicted octanol–water partition coefficient (Wildman–Crippen LogP) is 2.29. The van der Waals surface area contributed by atoms with Gasteiger partial charge in [-0.2, -0.15) is 0 Å². The Bertz CT molecular complexity index is 218. The second-order valence-corrected chi connectivity index (χ2v) is 4.87. The molecule has 16 heavy (non-hydrogen) atoms. The molecule has 3 nitrogen and oxygen atoms in total. The highest BCUT2D eigenvalue weighted by molar-refractivity contribution is 5.82. The van der Waals surface area contributed by atoms with Crippen LogP contribution >= 0.6 is 0 Å². The van der Waals surface area contributed by atoms with Crippen LogP contribution in [0.4, 0.5) is 0 Å². The van der Waals surface area contributed by atoms with Gasteiger partial charge in [-0.05, 0) is 25.7 Å². The minimum absolute atomic E-state index is 0.181. The number of likely N-dealkylation sites (tertiary alicyclic amines) is 1. The quantitative estimate of drug-likeness (QED) is 0.755. The maximum Gasteiger partial charge on any atom is 0.239 e. The van der Waals surface area contributed by atoms with E-state index in [1.54, 1.807) is 0 Å². The number of hydrogen-bond donors (Lipinski definition) is 1. The molecule has 0 aromatic rings. The van der Waals surface area contributed by atoms with Crippen molar-refractivity contribution < 1.29 is 4.79 Å². The Morgan fingerprint density at radius 1 is 1.38 bits per heavy atom. The first kappa shape index (κ1) is 13.5. The van der Waals surface area contributed by atoms with Gasteiger partial charge in [0.2, 0.25) is 5.91 Å². The topological polar surface area (TPSA) is 46.3 Å². The minimum atomic E-state index is -0.241. The van der Waals surface area contributed by atoms with E-state index in [9.17, 15) is 4.79 Å². The van der Waals surface area contributed by atoms with Crippen molar-refractivity contribution in [3.8, 4) is 0 Å². The van der Waals surface area contributed by atoms with Crippen molar-refractivity contribution in [1.82, 2.24) is 4.90 Å². The van der Waals surface area contributed by atoms with E-state index < -0.39 is 0 Å². The molecule has 1 aliphatic heterocycles. The monoisotopic (exact) mass is 226 g/mol. The van der Waals surface area contributed by atoms with E-state index in [0.29, 0.717) is 6.04 Å². The Labute approximate surface area is 99.4 Å². The van der Waals surface area contributed by atoms with Gasteiger partial charge in [0.25, 0.3) is 0 Å². The second-order valence-electron chi connectivity index (χ2n) is 4.87. The first-order chi connectivity index (χ1) is 7.70. The first-order valence-corrected chi connectivity index (χ1v) is 6.76. The molecule has 1 aliphatic rings. The Morgan fingerprint density at radius 3 is 2.75 bits per heavy atom. The van der Waals surface area contributed by atoms with Crippen molar-refractivity contribution in [2.75, 3.05) is 6.54 Å². The van der Waals surface area contributed by atoms with Crippen molar-refractivity contribution in [2.45, 2.75) is 70.9 Å². The van der Waals surface area contributed by atoms with Gasteiger partial charge in [-0.25, -0.2) is 0 Å². The van der Waals surface area contributed by atoms with E-state index in [-0.39, 0.29) is 11.9 Å². The third-order valence-corrected chi connectivity index (χ3v) is 3.47. The molecule has 2 N–H and O–H groups in total. The van der Waals surface area contributed by atoms with Gasteiger partial charge in [0, 0.05) is 12.6 Å². The number of hydrogen-bond acceptors (Lipinski definition) is 2. The fourth-order valence-corrected chi connectivity index (χ4v) is 2.52. The fourth-order valence-electron chi connectivity index (χ4n) is 2.52. The second kappa shape index (κ2) is 6.89. The molecule has 0 radical (unpaired) electrons. The number of amides is 1. The van der Waals surface area contributed by atoms with Crippen LogP contribution in [0.5, 0.6) is 0 Å². The van der Waals surface area contributed by atoms with Crippen LogP contribution in [0.15, 0.2) is 0 Å². The number of nitrogens with zero attached hydrogens (tertiary/aromatic N) is 1. The Kier molecular flexibility index (Phi) is 5.81. The Morgan fingerprint density at radius 2 is 2.12 bits per heavy atom. The molecule has 0 aliphatic carbocycles. The lowest BCUT2D eigenvalue weighted by Gasteiger charge is -2.37. The molecule has 1 heterocycles. The molecule has 2 atom stereocenters. The fraction of sp³-hybridized carbons (Fsp3) is 0.923. The van der Waals surface area contributed by atoms with Gasteiger partial charge in [0.1, 0.15) is 0 Å². The average Bonchev–Trinajstić information content (AvgIpc) is 2.28. The summed E-state index contributed by atoms with van der Waals surface area (Å²) < 4.78 is 0. The van der Waals surface area contributed by atoms with Gasteiger partial charge < -0.3 is 10.6 Å². The van der Waals surface area contributed by atoms with E-state index in [4.69, 9.17) is 5.73 Å².